The van der Waals surface area contributed by atoms with Crippen molar-refractivity contribution in [3.8, 4) is 0 Å². The predicted molar refractivity (Wildman–Crippen MR) is 56.9 cm³/mol. The molecule has 0 bridgehead atoms. The first-order valence-electron chi connectivity index (χ1n) is 4.26. The van der Waals surface area contributed by atoms with Crippen molar-refractivity contribution in [2.45, 2.75) is 32.8 Å². The van der Waals surface area contributed by atoms with Crippen LogP contribution in [0.3, 0.4) is 0 Å². The van der Waals surface area contributed by atoms with Gasteiger partial charge in [-0.05, 0) is 47.7 Å². The van der Waals surface area contributed by atoms with E-state index in [0.717, 1.165) is 16.2 Å². The van der Waals surface area contributed by atoms with E-state index in [0.29, 0.717) is 6.61 Å². The summed E-state index contributed by atoms with van der Waals surface area (Å²) in [5.74, 6) is 0.772. The molecule has 0 aliphatic carbocycles. The van der Waals surface area contributed by atoms with Crippen molar-refractivity contribution in [3.05, 3.63) is 9.74 Å². The molecule has 0 aromatic carbocycles. The summed E-state index contributed by atoms with van der Waals surface area (Å²) in [7, 11) is 0. The normalized spacial score (nSPS) is 15.7. The van der Waals surface area contributed by atoms with Crippen LogP contribution in [0, 0.1) is 0 Å². The van der Waals surface area contributed by atoms with Crippen LogP contribution in [-0.4, -0.2) is 16.0 Å². The minimum atomic E-state index is -0.336. The Morgan fingerprint density at radius 2 is 2.23 bits per heavy atom. The van der Waals surface area contributed by atoms with Crippen LogP contribution in [0.15, 0.2) is 3.92 Å². The number of nitrogens with zero attached hydrogens (tertiary/aromatic N) is 2. The maximum Gasteiger partial charge on any atom is 0.179 e. The van der Waals surface area contributed by atoms with Crippen molar-refractivity contribution >= 4 is 27.5 Å². The Bertz CT molecular complexity index is 279. The zero-order chi connectivity index (χ0) is 9.90. The van der Waals surface area contributed by atoms with E-state index in [2.05, 4.69) is 32.2 Å². The van der Waals surface area contributed by atoms with Crippen LogP contribution in [0.2, 0.25) is 0 Å². The molecular weight excluding hydrogens is 252 g/mol. The smallest absolute Gasteiger partial charge is 0.179 e. The van der Waals surface area contributed by atoms with Crippen molar-refractivity contribution in [1.29, 1.82) is 0 Å². The minimum absolute atomic E-state index is 0.336. The quantitative estimate of drug-likeness (QED) is 0.839. The molecule has 1 aromatic heterocycles. The fourth-order valence-electron chi connectivity index (χ4n) is 1.06. The topological polar surface area (TPSA) is 35.0 Å². The van der Waals surface area contributed by atoms with Gasteiger partial charge in [-0.15, -0.1) is 0 Å². The Kier molecular flexibility index (Phi) is 3.82. The van der Waals surface area contributed by atoms with E-state index in [1.165, 1.54) is 11.5 Å². The van der Waals surface area contributed by atoms with Gasteiger partial charge < -0.3 is 4.74 Å². The van der Waals surface area contributed by atoms with Crippen molar-refractivity contribution in [2.75, 3.05) is 6.61 Å². The van der Waals surface area contributed by atoms with Crippen LogP contribution in [0.4, 0.5) is 0 Å². The Morgan fingerprint density at radius 1 is 1.54 bits per heavy atom. The van der Waals surface area contributed by atoms with Gasteiger partial charge >= 0.3 is 0 Å². The molecule has 0 N–H and O–H groups in total. The van der Waals surface area contributed by atoms with E-state index in [1.807, 2.05) is 13.8 Å². The van der Waals surface area contributed by atoms with Crippen molar-refractivity contribution in [3.63, 3.8) is 0 Å². The van der Waals surface area contributed by atoms with E-state index >= 15 is 0 Å². The molecule has 1 aromatic rings. The molecule has 0 aliphatic heterocycles. The van der Waals surface area contributed by atoms with Gasteiger partial charge in [-0.3, -0.25) is 0 Å². The lowest BCUT2D eigenvalue weighted by molar-refractivity contribution is -0.0382. The summed E-state index contributed by atoms with van der Waals surface area (Å²) in [4.78, 5) is 4.27. The van der Waals surface area contributed by atoms with Crippen LogP contribution in [0.25, 0.3) is 0 Å². The lowest BCUT2D eigenvalue weighted by Crippen LogP contribution is -2.26. The van der Waals surface area contributed by atoms with Crippen molar-refractivity contribution in [1.82, 2.24) is 9.36 Å². The van der Waals surface area contributed by atoms with Gasteiger partial charge in [0.2, 0.25) is 0 Å². The molecule has 3 nitrogen and oxygen atoms in total. The van der Waals surface area contributed by atoms with Gasteiger partial charge in [0.05, 0.1) is 0 Å². The first kappa shape index (κ1) is 11.1. The zero-order valence-electron chi connectivity index (χ0n) is 8.00. The minimum Gasteiger partial charge on any atom is -0.368 e. The first-order valence-corrected chi connectivity index (χ1v) is 5.82. The maximum absolute atomic E-state index is 5.64. The van der Waals surface area contributed by atoms with Gasteiger partial charge in [0.25, 0.3) is 0 Å². The second-order valence-electron chi connectivity index (χ2n) is 2.89. The molecule has 1 unspecified atom stereocenters. The molecule has 74 valence electrons. The van der Waals surface area contributed by atoms with Gasteiger partial charge in [0.1, 0.15) is 5.60 Å². The van der Waals surface area contributed by atoms with Crippen LogP contribution in [0.1, 0.15) is 33.0 Å². The second kappa shape index (κ2) is 4.48. The monoisotopic (exact) mass is 264 g/mol. The number of hydrogen-bond acceptors (Lipinski definition) is 4. The lowest BCUT2D eigenvalue weighted by Gasteiger charge is -2.24. The fourth-order valence-corrected chi connectivity index (χ4v) is 1.97. The molecule has 13 heavy (non-hydrogen) atoms. The number of halogens is 1. The lowest BCUT2D eigenvalue weighted by atomic mass is 10.0. The number of aromatic nitrogens is 2. The van der Waals surface area contributed by atoms with Gasteiger partial charge in [0, 0.05) is 6.61 Å². The highest BCUT2D eigenvalue weighted by molar-refractivity contribution is 9.11. The molecule has 5 heteroatoms. The average Bonchev–Trinajstić information content (AvgIpc) is 2.52. The summed E-state index contributed by atoms with van der Waals surface area (Å²) >= 11 is 4.64. The highest BCUT2D eigenvalue weighted by Crippen LogP contribution is 2.28. The molecule has 0 fully saturated rings. The van der Waals surface area contributed by atoms with E-state index in [1.54, 1.807) is 0 Å². The number of ether oxygens (including phenoxy) is 1. The molecule has 0 radical (unpaired) electrons. The van der Waals surface area contributed by atoms with Crippen molar-refractivity contribution < 1.29 is 4.74 Å². The van der Waals surface area contributed by atoms with Crippen LogP contribution in [-0.2, 0) is 10.3 Å². The van der Waals surface area contributed by atoms with Crippen LogP contribution < -0.4 is 0 Å². The highest BCUT2D eigenvalue weighted by Gasteiger charge is 2.29. The predicted octanol–water partition coefficient (Wildman–Crippen LogP) is 2.96. The summed E-state index contributed by atoms with van der Waals surface area (Å²) < 4.78 is 10.7. The molecule has 0 amide bonds. The third kappa shape index (κ3) is 2.48. The SMILES string of the molecule is CCOC(C)(CC)c1nsc(Br)n1. The summed E-state index contributed by atoms with van der Waals surface area (Å²) in [6.07, 6.45) is 0.879. The molecule has 0 saturated carbocycles. The summed E-state index contributed by atoms with van der Waals surface area (Å²) in [5, 5.41) is 0. The zero-order valence-corrected chi connectivity index (χ0v) is 10.4. The van der Waals surface area contributed by atoms with Gasteiger partial charge in [-0.1, -0.05) is 6.92 Å². The van der Waals surface area contributed by atoms with Gasteiger partial charge in [0.15, 0.2) is 9.74 Å². The molecule has 0 spiro atoms. The maximum atomic E-state index is 5.64. The van der Waals surface area contributed by atoms with Crippen LogP contribution >= 0.6 is 27.5 Å². The summed E-state index contributed by atoms with van der Waals surface area (Å²) in [5.41, 5.74) is -0.336. The molecular formula is C8H13BrN2OS. The third-order valence-electron chi connectivity index (χ3n) is 2.01. The molecule has 0 aliphatic rings. The fraction of sp³-hybridized carbons (Fsp3) is 0.750. The second-order valence-corrected chi connectivity index (χ2v) is 4.92. The first-order chi connectivity index (χ1) is 6.12. The Hall–Kier alpha value is -0.0000000000000000555. The van der Waals surface area contributed by atoms with E-state index in [-0.39, 0.29) is 5.60 Å². The average molecular weight is 265 g/mol. The Labute approximate surface area is 90.8 Å². The molecule has 1 heterocycles. The summed E-state index contributed by atoms with van der Waals surface area (Å²) in [6.45, 7) is 6.76. The Balaban J connectivity index is 2.88. The standard InChI is InChI=1S/C8H13BrN2OS/c1-4-8(3,12-5-2)6-10-7(9)13-11-6/h4-5H2,1-3H3. The largest absolute Gasteiger partial charge is 0.368 e. The van der Waals surface area contributed by atoms with Crippen LogP contribution in [0.5, 0.6) is 0 Å². The molecule has 1 atom stereocenters. The van der Waals surface area contributed by atoms with E-state index in [4.69, 9.17) is 4.74 Å². The third-order valence-corrected chi connectivity index (χ3v) is 3.13. The Morgan fingerprint density at radius 3 is 2.62 bits per heavy atom. The highest BCUT2D eigenvalue weighted by atomic mass is 79.9. The van der Waals surface area contributed by atoms with Gasteiger partial charge in [-0.25, -0.2) is 4.98 Å². The van der Waals surface area contributed by atoms with E-state index < -0.39 is 0 Å². The molecule has 0 saturated heterocycles. The van der Waals surface area contributed by atoms with Crippen molar-refractivity contribution in [2.24, 2.45) is 0 Å². The van der Waals surface area contributed by atoms with Gasteiger partial charge in [-0.2, -0.15) is 4.37 Å². The summed E-state index contributed by atoms with van der Waals surface area (Å²) in [6, 6.07) is 0. The number of rotatable bonds is 4. The molecule has 1 rings (SSSR count). The van der Waals surface area contributed by atoms with E-state index in [9.17, 15) is 0 Å². The number of hydrogen-bond donors (Lipinski definition) is 0.